The first-order chi connectivity index (χ1) is 17.9. The van der Waals surface area contributed by atoms with Gasteiger partial charge in [-0.25, -0.2) is 0 Å². The molecule has 2 aliphatic rings. The Balaban J connectivity index is 1.72. The van der Waals surface area contributed by atoms with Gasteiger partial charge in [0.25, 0.3) is 11.7 Å². The van der Waals surface area contributed by atoms with Crippen LogP contribution in [0.3, 0.4) is 0 Å². The van der Waals surface area contributed by atoms with Crippen LogP contribution in [0.1, 0.15) is 29.7 Å². The number of aliphatic hydroxyl groups excluding tert-OH is 1. The first-order valence-electron chi connectivity index (χ1n) is 12.6. The van der Waals surface area contributed by atoms with E-state index in [4.69, 9.17) is 14.2 Å². The van der Waals surface area contributed by atoms with E-state index < -0.39 is 17.7 Å². The van der Waals surface area contributed by atoms with E-state index in [9.17, 15) is 14.7 Å². The molecule has 37 heavy (non-hydrogen) atoms. The zero-order valence-corrected chi connectivity index (χ0v) is 21.4. The number of Topliss-reactive ketones (excluding diaryl/α,β-unsaturated/α-hetero) is 1. The minimum Gasteiger partial charge on any atom is -0.507 e. The monoisotopic (exact) mass is 506 g/mol. The summed E-state index contributed by atoms with van der Waals surface area (Å²) in [6.45, 7) is 12.1. The molecule has 0 spiro atoms. The normalized spacial score (nSPS) is 19.7. The van der Waals surface area contributed by atoms with Gasteiger partial charge in [0.1, 0.15) is 23.9 Å². The third kappa shape index (κ3) is 5.87. The summed E-state index contributed by atoms with van der Waals surface area (Å²) >= 11 is 0. The quantitative estimate of drug-likeness (QED) is 0.227. The predicted octanol–water partition coefficient (Wildman–Crippen LogP) is 3.71. The van der Waals surface area contributed by atoms with E-state index in [2.05, 4.69) is 11.5 Å². The highest BCUT2D eigenvalue weighted by atomic mass is 16.5. The number of ether oxygens (including phenoxy) is 3. The summed E-state index contributed by atoms with van der Waals surface area (Å²) in [5.74, 6) is -0.152. The van der Waals surface area contributed by atoms with Gasteiger partial charge >= 0.3 is 0 Å². The van der Waals surface area contributed by atoms with Gasteiger partial charge in [0.05, 0.1) is 31.4 Å². The lowest BCUT2D eigenvalue weighted by atomic mass is 9.94. The Morgan fingerprint density at radius 3 is 2.49 bits per heavy atom. The van der Waals surface area contributed by atoms with Gasteiger partial charge in [-0.15, -0.1) is 0 Å². The average Bonchev–Trinajstić information content (AvgIpc) is 3.17. The zero-order valence-electron chi connectivity index (χ0n) is 21.4. The lowest BCUT2D eigenvalue weighted by Crippen LogP contribution is -2.42. The van der Waals surface area contributed by atoms with E-state index >= 15 is 0 Å². The number of amides is 1. The minimum atomic E-state index is -0.721. The van der Waals surface area contributed by atoms with Gasteiger partial charge in [-0.3, -0.25) is 14.5 Å². The smallest absolute Gasteiger partial charge is 0.295 e. The average molecular weight is 507 g/mol. The van der Waals surface area contributed by atoms with E-state index in [1.165, 1.54) is 0 Å². The van der Waals surface area contributed by atoms with Gasteiger partial charge in [-0.05, 0) is 55.3 Å². The first-order valence-corrected chi connectivity index (χ1v) is 12.6. The van der Waals surface area contributed by atoms with Crippen LogP contribution in [0.4, 0.5) is 0 Å². The molecule has 2 fully saturated rings. The van der Waals surface area contributed by atoms with Crippen LogP contribution in [0.15, 0.2) is 60.7 Å². The Bertz CT molecular complexity index is 1170. The molecule has 2 aromatic carbocycles. The van der Waals surface area contributed by atoms with Crippen molar-refractivity contribution in [3.8, 4) is 11.5 Å². The Kier molecular flexibility index (Phi) is 8.63. The Morgan fingerprint density at radius 2 is 1.84 bits per heavy atom. The molecule has 0 saturated carbocycles. The number of morpholine rings is 1. The molecule has 1 amide bonds. The summed E-state index contributed by atoms with van der Waals surface area (Å²) in [5, 5.41) is 11.4. The number of ketones is 1. The third-order valence-electron chi connectivity index (χ3n) is 6.61. The maximum atomic E-state index is 13.3. The van der Waals surface area contributed by atoms with Crippen molar-refractivity contribution in [2.24, 2.45) is 0 Å². The van der Waals surface area contributed by atoms with E-state index in [1.807, 2.05) is 26.0 Å². The summed E-state index contributed by atoms with van der Waals surface area (Å²) in [5.41, 5.74) is 2.09. The third-order valence-corrected chi connectivity index (χ3v) is 6.61. The van der Waals surface area contributed by atoms with Gasteiger partial charge in [-0.1, -0.05) is 24.8 Å². The number of rotatable bonds is 10. The standard InChI is InChI=1S/C29H34N2O6/c1-4-16-37-23-9-6-21(7-10-23)26-25(27(32)22-8-11-24(36-5-2)20(3)19-22)28(33)29(34)31(26)13-12-30-14-17-35-18-15-30/h4,6-11,19,26,32H,1,5,12-18H2,2-3H3. The number of nitrogens with zero attached hydrogens (tertiary/aromatic N) is 2. The van der Waals surface area contributed by atoms with Gasteiger partial charge in [-0.2, -0.15) is 0 Å². The van der Waals surface area contributed by atoms with Crippen molar-refractivity contribution in [1.82, 2.24) is 9.80 Å². The second-order valence-corrected chi connectivity index (χ2v) is 9.03. The van der Waals surface area contributed by atoms with Crippen LogP contribution in [-0.4, -0.2) is 79.2 Å². The second-order valence-electron chi connectivity index (χ2n) is 9.03. The number of aryl methyl sites for hydroxylation is 1. The SMILES string of the molecule is C=CCOc1ccc(C2C(=C(O)c3ccc(OCC)c(C)c3)C(=O)C(=O)N2CCN2CCOCC2)cc1. The molecule has 2 aliphatic heterocycles. The molecule has 0 aromatic heterocycles. The molecule has 2 saturated heterocycles. The Labute approximate surface area is 217 Å². The highest BCUT2D eigenvalue weighted by Gasteiger charge is 2.46. The molecule has 2 heterocycles. The number of carbonyl (C=O) groups excluding carboxylic acids is 2. The van der Waals surface area contributed by atoms with Crippen LogP contribution >= 0.6 is 0 Å². The van der Waals surface area contributed by atoms with Crippen molar-refractivity contribution in [3.63, 3.8) is 0 Å². The summed E-state index contributed by atoms with van der Waals surface area (Å²) in [7, 11) is 0. The van der Waals surface area contributed by atoms with Crippen molar-refractivity contribution < 1.29 is 28.9 Å². The van der Waals surface area contributed by atoms with Crippen LogP contribution in [0, 0.1) is 6.92 Å². The lowest BCUT2D eigenvalue weighted by Gasteiger charge is -2.31. The van der Waals surface area contributed by atoms with E-state index in [0.717, 1.165) is 24.2 Å². The topological polar surface area (TPSA) is 88.5 Å². The van der Waals surface area contributed by atoms with Crippen molar-refractivity contribution in [1.29, 1.82) is 0 Å². The molecule has 1 N–H and O–H groups in total. The number of hydrogen-bond acceptors (Lipinski definition) is 7. The molecule has 2 aromatic rings. The molecule has 1 atom stereocenters. The van der Waals surface area contributed by atoms with Crippen LogP contribution in [-0.2, 0) is 14.3 Å². The summed E-state index contributed by atoms with van der Waals surface area (Å²) in [6.07, 6.45) is 1.66. The number of hydrogen-bond donors (Lipinski definition) is 1. The van der Waals surface area contributed by atoms with Crippen molar-refractivity contribution in [2.75, 3.05) is 52.6 Å². The van der Waals surface area contributed by atoms with E-state index in [-0.39, 0.29) is 11.3 Å². The molecule has 8 nitrogen and oxygen atoms in total. The highest BCUT2D eigenvalue weighted by Crippen LogP contribution is 2.40. The van der Waals surface area contributed by atoms with Crippen LogP contribution < -0.4 is 9.47 Å². The van der Waals surface area contributed by atoms with Crippen molar-refractivity contribution >= 4 is 17.4 Å². The fraction of sp³-hybridized carbons (Fsp3) is 0.379. The fourth-order valence-corrected chi connectivity index (χ4v) is 4.70. The summed E-state index contributed by atoms with van der Waals surface area (Å²) < 4.78 is 16.6. The van der Waals surface area contributed by atoms with Crippen molar-refractivity contribution in [3.05, 3.63) is 77.4 Å². The van der Waals surface area contributed by atoms with Crippen LogP contribution in [0.25, 0.3) is 5.76 Å². The molecule has 0 radical (unpaired) electrons. The zero-order chi connectivity index (χ0) is 26.4. The van der Waals surface area contributed by atoms with Gasteiger partial charge in [0.2, 0.25) is 0 Å². The Morgan fingerprint density at radius 1 is 1.11 bits per heavy atom. The fourth-order valence-electron chi connectivity index (χ4n) is 4.70. The second kappa shape index (κ2) is 12.1. The van der Waals surface area contributed by atoms with E-state index in [1.54, 1.807) is 41.3 Å². The predicted molar refractivity (Wildman–Crippen MR) is 141 cm³/mol. The lowest BCUT2D eigenvalue weighted by molar-refractivity contribution is -0.140. The van der Waals surface area contributed by atoms with Crippen LogP contribution in [0.2, 0.25) is 0 Å². The maximum Gasteiger partial charge on any atom is 0.295 e. The molecule has 4 rings (SSSR count). The number of aliphatic hydroxyl groups is 1. The van der Waals surface area contributed by atoms with Crippen LogP contribution in [0.5, 0.6) is 11.5 Å². The summed E-state index contributed by atoms with van der Waals surface area (Å²) in [6, 6.07) is 11.8. The number of benzene rings is 2. The molecular formula is C29H34N2O6. The van der Waals surface area contributed by atoms with Gasteiger partial charge in [0, 0.05) is 31.7 Å². The first kappa shape index (κ1) is 26.4. The maximum absolute atomic E-state index is 13.3. The van der Waals surface area contributed by atoms with Gasteiger partial charge in [0.15, 0.2) is 0 Å². The molecule has 0 aliphatic carbocycles. The molecule has 196 valence electrons. The van der Waals surface area contributed by atoms with Gasteiger partial charge < -0.3 is 24.2 Å². The Hall–Kier alpha value is -3.62. The van der Waals surface area contributed by atoms with Crippen molar-refractivity contribution in [2.45, 2.75) is 19.9 Å². The van der Waals surface area contributed by atoms with E-state index in [0.29, 0.717) is 56.6 Å². The molecule has 1 unspecified atom stereocenters. The largest absolute Gasteiger partial charge is 0.507 e. The molecular weight excluding hydrogens is 472 g/mol. The molecule has 8 heteroatoms. The minimum absolute atomic E-state index is 0.0790. The highest BCUT2D eigenvalue weighted by molar-refractivity contribution is 6.46. The number of carbonyl (C=O) groups is 2. The summed E-state index contributed by atoms with van der Waals surface area (Å²) in [4.78, 5) is 30.3. The number of likely N-dealkylation sites (tertiary alicyclic amines) is 1. The molecule has 0 bridgehead atoms.